The maximum atomic E-state index is 12.2. The first-order valence-corrected chi connectivity index (χ1v) is 7.32. The Hall–Kier alpha value is -2.17. The SMILES string of the molecule is O=C(O)C=Cc1cncc(C(=O)NC2CCCCCC2)c1. The zero-order valence-electron chi connectivity index (χ0n) is 11.9. The van der Waals surface area contributed by atoms with Crippen LogP contribution in [0.5, 0.6) is 0 Å². The number of hydrogen-bond acceptors (Lipinski definition) is 3. The van der Waals surface area contributed by atoms with Gasteiger partial charge in [0.1, 0.15) is 0 Å². The zero-order valence-corrected chi connectivity index (χ0v) is 11.9. The van der Waals surface area contributed by atoms with Crippen LogP contribution < -0.4 is 5.32 Å². The second-order valence-corrected chi connectivity index (χ2v) is 5.34. The summed E-state index contributed by atoms with van der Waals surface area (Å²) in [7, 11) is 0. The van der Waals surface area contributed by atoms with Gasteiger partial charge in [0.2, 0.25) is 0 Å². The summed E-state index contributed by atoms with van der Waals surface area (Å²) in [5.74, 6) is -1.16. The van der Waals surface area contributed by atoms with Gasteiger partial charge in [0, 0.05) is 24.5 Å². The van der Waals surface area contributed by atoms with Crippen LogP contribution in [0.25, 0.3) is 6.08 Å². The molecule has 0 atom stereocenters. The molecular weight excluding hydrogens is 268 g/mol. The number of aliphatic carboxylic acids is 1. The first kappa shape index (κ1) is 15.2. The molecule has 0 spiro atoms. The highest BCUT2D eigenvalue weighted by molar-refractivity contribution is 5.95. The average Bonchev–Trinajstić information content (AvgIpc) is 2.74. The number of carboxylic acids is 1. The van der Waals surface area contributed by atoms with Crippen LogP contribution in [-0.4, -0.2) is 28.0 Å². The molecule has 2 N–H and O–H groups in total. The van der Waals surface area contributed by atoms with Crippen LogP contribution in [0.1, 0.15) is 54.4 Å². The van der Waals surface area contributed by atoms with Gasteiger partial charge in [0.25, 0.3) is 5.91 Å². The Morgan fingerprint density at radius 1 is 1.19 bits per heavy atom. The van der Waals surface area contributed by atoms with Gasteiger partial charge in [-0.25, -0.2) is 4.79 Å². The normalized spacial score (nSPS) is 16.6. The lowest BCUT2D eigenvalue weighted by Gasteiger charge is -2.16. The molecule has 0 unspecified atom stereocenters. The molecule has 0 aliphatic heterocycles. The molecule has 112 valence electrons. The van der Waals surface area contributed by atoms with E-state index in [0.29, 0.717) is 11.1 Å². The van der Waals surface area contributed by atoms with Gasteiger partial charge in [0.15, 0.2) is 0 Å². The molecule has 1 aromatic rings. The Labute approximate surface area is 124 Å². The third kappa shape index (κ3) is 5.02. The predicted octanol–water partition coefficient (Wildman–Crippen LogP) is 2.63. The van der Waals surface area contributed by atoms with Gasteiger partial charge in [-0.05, 0) is 30.5 Å². The minimum Gasteiger partial charge on any atom is -0.478 e. The van der Waals surface area contributed by atoms with Crippen molar-refractivity contribution in [1.29, 1.82) is 0 Å². The summed E-state index contributed by atoms with van der Waals surface area (Å²) < 4.78 is 0. The minimum atomic E-state index is -1.02. The van der Waals surface area contributed by atoms with Crippen molar-refractivity contribution in [3.63, 3.8) is 0 Å². The summed E-state index contributed by atoms with van der Waals surface area (Å²) in [6.07, 6.45) is 12.3. The van der Waals surface area contributed by atoms with Gasteiger partial charge in [-0.3, -0.25) is 9.78 Å². The molecule has 1 amide bonds. The lowest BCUT2D eigenvalue weighted by molar-refractivity contribution is -0.131. The summed E-state index contributed by atoms with van der Waals surface area (Å²) >= 11 is 0. The number of pyridine rings is 1. The molecule has 1 heterocycles. The second kappa shape index (κ2) is 7.57. The monoisotopic (exact) mass is 288 g/mol. The number of amides is 1. The van der Waals surface area contributed by atoms with Crippen molar-refractivity contribution < 1.29 is 14.7 Å². The molecular formula is C16H20N2O3. The lowest BCUT2D eigenvalue weighted by atomic mass is 10.1. The number of rotatable bonds is 4. The maximum Gasteiger partial charge on any atom is 0.328 e. The van der Waals surface area contributed by atoms with Gasteiger partial charge in [-0.15, -0.1) is 0 Å². The van der Waals surface area contributed by atoms with Crippen molar-refractivity contribution >= 4 is 18.0 Å². The largest absolute Gasteiger partial charge is 0.478 e. The van der Waals surface area contributed by atoms with Crippen LogP contribution in [0.15, 0.2) is 24.5 Å². The van der Waals surface area contributed by atoms with E-state index in [0.717, 1.165) is 31.8 Å². The summed E-state index contributed by atoms with van der Waals surface area (Å²) in [6, 6.07) is 1.89. The van der Waals surface area contributed by atoms with E-state index in [1.807, 2.05) is 0 Å². The summed E-state index contributed by atoms with van der Waals surface area (Å²) in [6.45, 7) is 0. The number of carbonyl (C=O) groups excluding carboxylic acids is 1. The Kier molecular flexibility index (Phi) is 5.49. The molecule has 0 radical (unpaired) electrons. The highest BCUT2D eigenvalue weighted by Crippen LogP contribution is 2.17. The van der Waals surface area contributed by atoms with Crippen LogP contribution in [0.2, 0.25) is 0 Å². The van der Waals surface area contributed by atoms with Crippen LogP contribution in [0.4, 0.5) is 0 Å². The van der Waals surface area contributed by atoms with E-state index >= 15 is 0 Å². The fourth-order valence-electron chi connectivity index (χ4n) is 2.53. The predicted molar refractivity (Wildman–Crippen MR) is 79.9 cm³/mol. The van der Waals surface area contributed by atoms with Crippen molar-refractivity contribution in [2.45, 2.75) is 44.6 Å². The fraction of sp³-hybridized carbons (Fsp3) is 0.438. The summed E-state index contributed by atoms with van der Waals surface area (Å²) in [5.41, 5.74) is 1.07. The van der Waals surface area contributed by atoms with Gasteiger partial charge in [0.05, 0.1) is 5.56 Å². The average molecular weight is 288 g/mol. The minimum absolute atomic E-state index is 0.139. The van der Waals surface area contributed by atoms with E-state index in [2.05, 4.69) is 10.3 Å². The van der Waals surface area contributed by atoms with E-state index in [1.165, 1.54) is 31.3 Å². The third-order valence-corrected chi connectivity index (χ3v) is 3.63. The van der Waals surface area contributed by atoms with Gasteiger partial charge >= 0.3 is 5.97 Å². The van der Waals surface area contributed by atoms with Crippen molar-refractivity contribution in [2.24, 2.45) is 0 Å². The molecule has 1 fully saturated rings. The standard InChI is InChI=1S/C16H20N2O3/c19-15(20)8-7-12-9-13(11-17-10-12)16(21)18-14-5-3-1-2-4-6-14/h7-11,14H,1-6H2,(H,18,21)(H,19,20). The van der Waals surface area contributed by atoms with E-state index < -0.39 is 5.97 Å². The third-order valence-electron chi connectivity index (χ3n) is 3.63. The zero-order chi connectivity index (χ0) is 15.1. The Morgan fingerprint density at radius 2 is 1.90 bits per heavy atom. The van der Waals surface area contributed by atoms with Crippen LogP contribution >= 0.6 is 0 Å². The first-order chi connectivity index (χ1) is 10.1. The fourth-order valence-corrected chi connectivity index (χ4v) is 2.53. The quantitative estimate of drug-likeness (QED) is 0.659. The molecule has 0 aromatic carbocycles. The number of hydrogen-bond donors (Lipinski definition) is 2. The second-order valence-electron chi connectivity index (χ2n) is 5.34. The summed E-state index contributed by atoms with van der Waals surface area (Å²) in [4.78, 5) is 26.7. The van der Waals surface area contributed by atoms with Crippen molar-refractivity contribution in [1.82, 2.24) is 10.3 Å². The highest BCUT2D eigenvalue weighted by Gasteiger charge is 2.15. The smallest absolute Gasteiger partial charge is 0.328 e. The molecule has 2 rings (SSSR count). The molecule has 5 nitrogen and oxygen atoms in total. The molecule has 1 aromatic heterocycles. The number of aromatic nitrogens is 1. The molecule has 5 heteroatoms. The molecule has 0 saturated heterocycles. The van der Waals surface area contributed by atoms with E-state index in [9.17, 15) is 9.59 Å². The lowest BCUT2D eigenvalue weighted by Crippen LogP contribution is -2.34. The topological polar surface area (TPSA) is 79.3 Å². The number of carbonyl (C=O) groups is 2. The van der Waals surface area contributed by atoms with E-state index in [-0.39, 0.29) is 11.9 Å². The highest BCUT2D eigenvalue weighted by atomic mass is 16.4. The Bertz CT molecular complexity index is 532. The molecule has 1 saturated carbocycles. The first-order valence-electron chi connectivity index (χ1n) is 7.32. The van der Waals surface area contributed by atoms with E-state index in [4.69, 9.17) is 5.11 Å². The Balaban J connectivity index is 2.01. The van der Waals surface area contributed by atoms with Crippen molar-refractivity contribution in [3.8, 4) is 0 Å². The van der Waals surface area contributed by atoms with Crippen molar-refractivity contribution in [2.75, 3.05) is 0 Å². The Morgan fingerprint density at radius 3 is 2.57 bits per heavy atom. The van der Waals surface area contributed by atoms with Gasteiger partial charge in [-0.1, -0.05) is 25.7 Å². The van der Waals surface area contributed by atoms with Crippen molar-refractivity contribution in [3.05, 3.63) is 35.7 Å². The molecule has 1 aliphatic rings. The molecule has 1 aliphatic carbocycles. The van der Waals surface area contributed by atoms with Crippen LogP contribution in [0.3, 0.4) is 0 Å². The summed E-state index contributed by atoms with van der Waals surface area (Å²) in [5, 5.41) is 11.7. The van der Waals surface area contributed by atoms with Crippen LogP contribution in [-0.2, 0) is 4.79 Å². The number of carboxylic acid groups (broad SMARTS) is 1. The number of nitrogens with zero attached hydrogens (tertiary/aromatic N) is 1. The van der Waals surface area contributed by atoms with Gasteiger partial charge < -0.3 is 10.4 Å². The van der Waals surface area contributed by atoms with Crippen LogP contribution in [0, 0.1) is 0 Å². The van der Waals surface area contributed by atoms with Gasteiger partial charge in [-0.2, -0.15) is 0 Å². The maximum absolute atomic E-state index is 12.2. The molecule has 21 heavy (non-hydrogen) atoms. The number of nitrogens with one attached hydrogen (secondary N) is 1. The van der Waals surface area contributed by atoms with E-state index in [1.54, 1.807) is 6.07 Å². The molecule has 0 bridgehead atoms.